The van der Waals surface area contributed by atoms with Crippen LogP contribution in [0.3, 0.4) is 0 Å². The van der Waals surface area contributed by atoms with E-state index in [2.05, 4.69) is 114 Å². The van der Waals surface area contributed by atoms with Crippen molar-refractivity contribution in [1.82, 2.24) is 15.5 Å². The maximum atomic E-state index is 14.4. The normalized spacial score (nSPS) is 16.7. The number of ketones is 1. The number of carbonyl (C=O) groups excluding carboxylic acids is 5. The van der Waals surface area contributed by atoms with E-state index in [1.165, 1.54) is 0 Å². The number of rotatable bonds is 26. The number of amides is 4. The molecule has 2 aliphatic carbocycles. The number of hydrogen-bond acceptors (Lipinski definition) is 8. The molecule has 0 heterocycles. The van der Waals surface area contributed by atoms with Gasteiger partial charge in [-0.05, 0) is 116 Å². The molecule has 4 amide bonds. The molecule has 0 aliphatic heterocycles. The van der Waals surface area contributed by atoms with Gasteiger partial charge in [0.25, 0.3) is 0 Å². The molecule has 0 spiro atoms. The number of carbonyl (C=O) groups is 5. The molecule has 1 aromatic carbocycles. The number of aliphatic hydroxyl groups excluding tert-OH is 1. The summed E-state index contributed by atoms with van der Waals surface area (Å²) in [5, 5.41) is 20.8. The van der Waals surface area contributed by atoms with Gasteiger partial charge in [-0.15, -0.1) is 0 Å². The number of nitrogens with zero attached hydrogens (tertiary/aromatic N) is 3. The molecular formula is C52H80N6O6. The van der Waals surface area contributed by atoms with Crippen molar-refractivity contribution in [2.45, 2.75) is 184 Å². The highest BCUT2D eigenvalue weighted by Crippen LogP contribution is 2.43. The molecule has 354 valence electrons. The van der Waals surface area contributed by atoms with Crippen LogP contribution in [0.1, 0.15) is 166 Å². The number of benzene rings is 1. The van der Waals surface area contributed by atoms with E-state index in [4.69, 9.17) is 0 Å². The fraction of sp³-hybridized carbons (Fsp3) is 0.615. The predicted octanol–water partition coefficient (Wildman–Crippen LogP) is 10.2. The fourth-order valence-electron chi connectivity index (χ4n) is 8.72. The molecule has 2 atom stereocenters. The zero-order chi connectivity index (χ0) is 47.7. The molecule has 0 radical (unpaired) electrons. The molecule has 2 aliphatic rings. The lowest BCUT2D eigenvalue weighted by atomic mass is 9.78. The van der Waals surface area contributed by atoms with Crippen molar-refractivity contribution in [3.05, 3.63) is 64.6 Å². The van der Waals surface area contributed by atoms with Crippen LogP contribution in [-0.2, 0) is 24.0 Å². The minimum Gasteiger partial charge on any atom is -0.506 e. The summed E-state index contributed by atoms with van der Waals surface area (Å²) in [6.07, 6.45) is 13.6. The molecule has 0 saturated heterocycles. The first-order valence-corrected chi connectivity index (χ1v) is 24.2. The third-order valence-electron chi connectivity index (χ3n) is 12.2. The fourth-order valence-corrected chi connectivity index (χ4v) is 8.72. The second kappa shape index (κ2) is 26.1. The second-order valence-electron chi connectivity index (χ2n) is 18.5. The molecular weight excluding hydrogens is 805 g/mol. The van der Waals surface area contributed by atoms with Crippen LogP contribution in [0.15, 0.2) is 64.0 Å². The van der Waals surface area contributed by atoms with Gasteiger partial charge in [-0.3, -0.25) is 24.0 Å². The number of nitrogens with one attached hydrogen (secondary N) is 3. The van der Waals surface area contributed by atoms with Gasteiger partial charge in [0.1, 0.15) is 5.76 Å². The average Bonchev–Trinajstić information content (AvgIpc) is 3.23. The van der Waals surface area contributed by atoms with Crippen LogP contribution in [0.5, 0.6) is 0 Å². The van der Waals surface area contributed by atoms with Gasteiger partial charge in [-0.25, -0.2) is 4.99 Å². The number of aliphatic imine (C=N–C) groups is 1. The molecule has 12 heteroatoms. The highest BCUT2D eigenvalue weighted by atomic mass is 16.3. The lowest BCUT2D eigenvalue weighted by molar-refractivity contribution is -0.125. The average molecular weight is 885 g/mol. The molecule has 0 aromatic heterocycles. The van der Waals surface area contributed by atoms with E-state index in [1.54, 1.807) is 18.2 Å². The molecule has 2 unspecified atom stereocenters. The van der Waals surface area contributed by atoms with Crippen molar-refractivity contribution >= 4 is 52.1 Å². The van der Waals surface area contributed by atoms with Gasteiger partial charge in [0.2, 0.25) is 29.4 Å². The van der Waals surface area contributed by atoms with E-state index in [1.807, 2.05) is 18.2 Å². The van der Waals surface area contributed by atoms with E-state index in [-0.39, 0.29) is 84.3 Å². The standard InChI is InChI=1S/C52H80N6O6/c1-13-17-19-37(15-3)31-53-45(59)25-27-47(61)55-43-29-39(57(33(5)6)34(7)8)21-23-41(43)49-51(63)50(52(49)64)42-24-22-40(58(35(9)10)36(11)12)30-44(42)56-48(62)28-26-46(60)54-32-38(16-4)20-18-14-2/h21-24,29-30,33-38,63H,13-20,25-28,31-32H2,1-12H3,(H,53,59)(H,54,60)(H,55,61). The largest absolute Gasteiger partial charge is 0.506 e. The van der Waals surface area contributed by atoms with Crippen molar-refractivity contribution in [3.8, 4) is 0 Å². The summed E-state index contributed by atoms with van der Waals surface area (Å²) in [6.45, 7) is 26.3. The van der Waals surface area contributed by atoms with Crippen LogP contribution in [0.25, 0.3) is 5.57 Å². The van der Waals surface area contributed by atoms with Crippen LogP contribution < -0.4 is 20.9 Å². The van der Waals surface area contributed by atoms with Gasteiger partial charge in [0.15, 0.2) is 0 Å². The van der Waals surface area contributed by atoms with Crippen molar-refractivity contribution in [2.75, 3.05) is 23.3 Å². The van der Waals surface area contributed by atoms with Gasteiger partial charge < -0.3 is 30.9 Å². The van der Waals surface area contributed by atoms with Crippen molar-refractivity contribution in [1.29, 1.82) is 0 Å². The Bertz CT molecular complexity index is 1940. The Hall–Kier alpha value is -5.00. The van der Waals surface area contributed by atoms with Crippen LogP contribution in [-0.4, -0.2) is 82.4 Å². The molecule has 4 N–H and O–H groups in total. The SMILES string of the molecule is CCCCC(CC)CNC(=O)CCC(=O)N=C1C=C(N(C(C)C)C(C)C)C=CC1=C1C(=O)C(c2ccc(N(C(C)C)C(C)C)cc2NC(=O)CCC(=O)NCC(CC)CCCC)=C1O. The summed E-state index contributed by atoms with van der Waals surface area (Å²) in [5.41, 5.74) is 2.84. The minimum absolute atomic E-state index is 0.00900. The Labute approximate surface area is 384 Å². The van der Waals surface area contributed by atoms with Gasteiger partial charge in [0.05, 0.1) is 22.5 Å². The van der Waals surface area contributed by atoms with Gasteiger partial charge in [-0.1, -0.05) is 66.2 Å². The van der Waals surface area contributed by atoms with E-state index >= 15 is 0 Å². The van der Waals surface area contributed by atoms with E-state index in [9.17, 15) is 29.1 Å². The monoisotopic (exact) mass is 885 g/mol. The summed E-state index contributed by atoms with van der Waals surface area (Å²) in [6, 6.07) is 5.87. The maximum Gasteiger partial charge on any atom is 0.246 e. The number of unbranched alkanes of at least 4 members (excludes halogenated alkanes) is 2. The quantitative estimate of drug-likeness (QED) is 0.0669. The smallest absolute Gasteiger partial charge is 0.246 e. The van der Waals surface area contributed by atoms with Crippen molar-refractivity contribution in [3.63, 3.8) is 0 Å². The summed E-state index contributed by atoms with van der Waals surface area (Å²) in [7, 11) is 0. The van der Waals surface area contributed by atoms with Crippen LogP contribution in [0.4, 0.5) is 11.4 Å². The van der Waals surface area contributed by atoms with Crippen LogP contribution >= 0.6 is 0 Å². The zero-order valence-electron chi connectivity index (χ0n) is 41.2. The van der Waals surface area contributed by atoms with Crippen LogP contribution in [0, 0.1) is 11.8 Å². The highest BCUT2D eigenvalue weighted by molar-refractivity contribution is 6.42. The first kappa shape index (κ1) is 53.3. The highest BCUT2D eigenvalue weighted by Gasteiger charge is 2.40. The molecule has 64 heavy (non-hydrogen) atoms. The molecule has 0 fully saturated rings. The van der Waals surface area contributed by atoms with Crippen LogP contribution in [0.2, 0.25) is 0 Å². The molecule has 3 rings (SSSR count). The minimum atomic E-state index is -0.515. The third-order valence-corrected chi connectivity index (χ3v) is 12.2. The first-order chi connectivity index (χ1) is 30.4. The maximum absolute atomic E-state index is 14.4. The zero-order valence-corrected chi connectivity index (χ0v) is 41.2. The van der Waals surface area contributed by atoms with Gasteiger partial charge in [0, 0.05) is 85.5 Å². The number of anilines is 2. The van der Waals surface area contributed by atoms with Crippen molar-refractivity contribution in [2.24, 2.45) is 16.8 Å². The number of allylic oxidation sites excluding steroid dienone is 6. The van der Waals surface area contributed by atoms with E-state index in [0.29, 0.717) is 41.7 Å². The van der Waals surface area contributed by atoms with Gasteiger partial charge in [-0.2, -0.15) is 0 Å². The Kier molecular flexibility index (Phi) is 21.7. The van der Waals surface area contributed by atoms with Crippen molar-refractivity contribution < 1.29 is 29.1 Å². The number of Topliss-reactive ketones (excluding diaryl/α,β-unsaturated/α-hetero) is 1. The molecule has 0 saturated carbocycles. The number of hydrogen-bond donors (Lipinski definition) is 4. The Morgan fingerprint density at radius 3 is 1.67 bits per heavy atom. The lowest BCUT2D eigenvalue weighted by Gasteiger charge is -2.35. The number of aliphatic hydroxyl groups is 1. The summed E-state index contributed by atoms with van der Waals surface area (Å²) >= 11 is 0. The first-order valence-electron chi connectivity index (χ1n) is 24.2. The molecule has 0 bridgehead atoms. The topological polar surface area (TPSA) is 161 Å². The van der Waals surface area contributed by atoms with E-state index in [0.717, 1.165) is 62.8 Å². The predicted molar refractivity (Wildman–Crippen MR) is 262 cm³/mol. The summed E-state index contributed by atoms with van der Waals surface area (Å²) < 4.78 is 0. The summed E-state index contributed by atoms with van der Waals surface area (Å²) in [5.74, 6) is -1.28. The summed E-state index contributed by atoms with van der Waals surface area (Å²) in [4.78, 5) is 75.8. The Morgan fingerprint density at radius 2 is 1.19 bits per heavy atom. The van der Waals surface area contributed by atoms with E-state index < -0.39 is 17.6 Å². The lowest BCUT2D eigenvalue weighted by Crippen LogP contribution is -2.37. The Balaban J connectivity index is 2.01. The van der Waals surface area contributed by atoms with Gasteiger partial charge >= 0.3 is 0 Å². The molecule has 12 nitrogen and oxygen atoms in total. The molecule has 1 aromatic rings. The second-order valence-corrected chi connectivity index (χ2v) is 18.5. The third kappa shape index (κ3) is 15.0. The Morgan fingerprint density at radius 1 is 0.672 bits per heavy atom.